The fourth-order valence-electron chi connectivity index (χ4n) is 2.49. The fourth-order valence-corrected chi connectivity index (χ4v) is 3.90. The van der Waals surface area contributed by atoms with Gasteiger partial charge in [0.25, 0.3) is 10.1 Å². The van der Waals surface area contributed by atoms with Crippen molar-refractivity contribution in [3.63, 3.8) is 0 Å². The maximum atomic E-state index is 12.3. The zero-order chi connectivity index (χ0) is 14.1. The molecule has 0 heterocycles. The SMILES string of the molecule is Cc1ccc(S(=O)(=O)OC2(C#N)CCCC2)c(C)c1. The van der Waals surface area contributed by atoms with Gasteiger partial charge in [0.15, 0.2) is 5.60 Å². The topological polar surface area (TPSA) is 67.2 Å². The van der Waals surface area contributed by atoms with E-state index in [-0.39, 0.29) is 4.90 Å². The predicted octanol–water partition coefficient (Wildman–Crippen LogP) is 2.85. The first-order chi connectivity index (χ1) is 8.88. The van der Waals surface area contributed by atoms with Crippen LogP contribution >= 0.6 is 0 Å². The molecule has 1 aliphatic rings. The zero-order valence-corrected chi connectivity index (χ0v) is 12.0. The molecule has 0 radical (unpaired) electrons. The van der Waals surface area contributed by atoms with Gasteiger partial charge >= 0.3 is 0 Å². The molecule has 0 amide bonds. The van der Waals surface area contributed by atoms with Gasteiger partial charge in [0.05, 0.1) is 11.0 Å². The van der Waals surface area contributed by atoms with Crippen molar-refractivity contribution in [2.45, 2.75) is 50.0 Å². The Morgan fingerprint density at radius 3 is 2.42 bits per heavy atom. The molecule has 0 saturated heterocycles. The first kappa shape index (κ1) is 14.0. The monoisotopic (exact) mass is 279 g/mol. The molecule has 0 aliphatic heterocycles. The molecule has 1 aliphatic carbocycles. The lowest BCUT2D eigenvalue weighted by Gasteiger charge is -2.20. The third-order valence-corrected chi connectivity index (χ3v) is 5.02. The molecule has 2 rings (SSSR count). The molecular formula is C14H17NO3S. The van der Waals surface area contributed by atoms with E-state index in [0.29, 0.717) is 18.4 Å². The Labute approximate surface area is 114 Å². The van der Waals surface area contributed by atoms with E-state index < -0.39 is 15.7 Å². The van der Waals surface area contributed by atoms with Gasteiger partial charge < -0.3 is 0 Å². The van der Waals surface area contributed by atoms with Crippen LogP contribution in [0.15, 0.2) is 23.1 Å². The second-order valence-corrected chi connectivity index (χ2v) is 6.63. The van der Waals surface area contributed by atoms with Crippen LogP contribution in [-0.2, 0) is 14.3 Å². The largest absolute Gasteiger partial charge is 0.298 e. The molecular weight excluding hydrogens is 262 g/mol. The number of hydrogen-bond donors (Lipinski definition) is 0. The molecule has 4 nitrogen and oxygen atoms in total. The number of nitrogens with zero attached hydrogens (tertiary/aromatic N) is 1. The molecule has 0 atom stereocenters. The standard InChI is InChI=1S/C14H17NO3S/c1-11-5-6-13(12(2)9-11)19(16,17)18-14(10-15)7-3-4-8-14/h5-6,9H,3-4,7-8H2,1-2H3. The van der Waals surface area contributed by atoms with E-state index in [1.54, 1.807) is 25.1 Å². The van der Waals surface area contributed by atoms with E-state index in [4.69, 9.17) is 4.18 Å². The second kappa shape index (κ2) is 4.95. The Morgan fingerprint density at radius 2 is 1.89 bits per heavy atom. The number of aryl methyl sites for hydroxylation is 2. The Bertz CT molecular complexity index is 623. The minimum atomic E-state index is -3.88. The van der Waals surface area contributed by atoms with Gasteiger partial charge in [-0.25, -0.2) is 4.18 Å². The van der Waals surface area contributed by atoms with Crippen molar-refractivity contribution in [3.8, 4) is 6.07 Å². The molecule has 1 aromatic rings. The third kappa shape index (κ3) is 2.80. The highest BCUT2D eigenvalue weighted by Crippen LogP contribution is 2.36. The summed E-state index contributed by atoms with van der Waals surface area (Å²) < 4.78 is 29.9. The smallest absolute Gasteiger partial charge is 0.244 e. The summed E-state index contributed by atoms with van der Waals surface area (Å²) in [5.41, 5.74) is 0.467. The highest BCUT2D eigenvalue weighted by Gasteiger charge is 2.40. The van der Waals surface area contributed by atoms with Gasteiger partial charge in [-0.05, 0) is 51.2 Å². The summed E-state index contributed by atoms with van der Waals surface area (Å²) >= 11 is 0. The highest BCUT2D eigenvalue weighted by molar-refractivity contribution is 7.86. The van der Waals surface area contributed by atoms with E-state index >= 15 is 0 Å². The summed E-state index contributed by atoms with van der Waals surface area (Å²) in [6, 6.07) is 7.10. The van der Waals surface area contributed by atoms with Crippen molar-refractivity contribution >= 4 is 10.1 Å². The fraction of sp³-hybridized carbons (Fsp3) is 0.500. The van der Waals surface area contributed by atoms with Crippen LogP contribution in [0.25, 0.3) is 0 Å². The Kier molecular flexibility index (Phi) is 3.66. The Morgan fingerprint density at radius 1 is 1.26 bits per heavy atom. The van der Waals surface area contributed by atoms with Crippen molar-refractivity contribution in [2.24, 2.45) is 0 Å². The Balaban J connectivity index is 2.35. The quantitative estimate of drug-likeness (QED) is 0.798. The number of rotatable bonds is 3. The van der Waals surface area contributed by atoms with Gasteiger partial charge in [-0.1, -0.05) is 17.7 Å². The molecule has 0 spiro atoms. The summed E-state index contributed by atoms with van der Waals surface area (Å²) in [6.45, 7) is 3.63. The molecule has 102 valence electrons. The van der Waals surface area contributed by atoms with Crippen molar-refractivity contribution in [1.29, 1.82) is 5.26 Å². The Hall–Kier alpha value is -1.38. The van der Waals surface area contributed by atoms with Crippen LogP contribution in [0.5, 0.6) is 0 Å². The average molecular weight is 279 g/mol. The maximum Gasteiger partial charge on any atom is 0.298 e. The van der Waals surface area contributed by atoms with E-state index in [1.165, 1.54) is 0 Å². The lowest BCUT2D eigenvalue weighted by atomic mass is 10.1. The summed E-state index contributed by atoms with van der Waals surface area (Å²) in [7, 11) is -3.88. The number of nitriles is 1. The van der Waals surface area contributed by atoms with Crippen LogP contribution in [0.1, 0.15) is 36.8 Å². The normalized spacial score (nSPS) is 18.2. The van der Waals surface area contributed by atoms with Crippen LogP contribution in [0.2, 0.25) is 0 Å². The molecule has 0 bridgehead atoms. The minimum absolute atomic E-state index is 0.152. The van der Waals surface area contributed by atoms with Gasteiger partial charge in [-0.2, -0.15) is 13.7 Å². The zero-order valence-electron chi connectivity index (χ0n) is 11.1. The van der Waals surface area contributed by atoms with Gasteiger partial charge in [0, 0.05) is 0 Å². The van der Waals surface area contributed by atoms with Crippen molar-refractivity contribution in [3.05, 3.63) is 29.3 Å². The van der Waals surface area contributed by atoms with Crippen LogP contribution in [0, 0.1) is 25.2 Å². The van der Waals surface area contributed by atoms with Crippen molar-refractivity contribution < 1.29 is 12.6 Å². The summed E-state index contributed by atoms with van der Waals surface area (Å²) in [5, 5.41) is 9.20. The summed E-state index contributed by atoms with van der Waals surface area (Å²) in [4.78, 5) is 0.152. The maximum absolute atomic E-state index is 12.3. The molecule has 1 aromatic carbocycles. The minimum Gasteiger partial charge on any atom is -0.244 e. The molecule has 1 saturated carbocycles. The van der Waals surface area contributed by atoms with Crippen LogP contribution < -0.4 is 0 Å². The lowest BCUT2D eigenvalue weighted by molar-refractivity contribution is 0.144. The van der Waals surface area contributed by atoms with Gasteiger partial charge in [-0.15, -0.1) is 0 Å². The first-order valence-electron chi connectivity index (χ1n) is 6.33. The van der Waals surface area contributed by atoms with E-state index in [1.807, 2.05) is 13.0 Å². The molecule has 0 N–H and O–H groups in total. The van der Waals surface area contributed by atoms with Gasteiger partial charge in [0.1, 0.15) is 0 Å². The lowest BCUT2D eigenvalue weighted by Crippen LogP contribution is -2.30. The molecule has 19 heavy (non-hydrogen) atoms. The van der Waals surface area contributed by atoms with Crippen LogP contribution in [0.4, 0.5) is 0 Å². The summed E-state index contributed by atoms with van der Waals surface area (Å²) in [6.07, 6.45) is 2.62. The van der Waals surface area contributed by atoms with E-state index in [9.17, 15) is 13.7 Å². The van der Waals surface area contributed by atoms with Gasteiger partial charge in [0.2, 0.25) is 0 Å². The van der Waals surface area contributed by atoms with Crippen molar-refractivity contribution in [2.75, 3.05) is 0 Å². The predicted molar refractivity (Wildman–Crippen MR) is 71.0 cm³/mol. The average Bonchev–Trinajstić information content (AvgIpc) is 2.77. The van der Waals surface area contributed by atoms with Gasteiger partial charge in [-0.3, -0.25) is 0 Å². The third-order valence-electron chi connectivity index (χ3n) is 3.48. The van der Waals surface area contributed by atoms with Crippen LogP contribution in [0.3, 0.4) is 0 Å². The second-order valence-electron chi connectivity index (χ2n) is 5.12. The van der Waals surface area contributed by atoms with Crippen molar-refractivity contribution in [1.82, 2.24) is 0 Å². The molecule has 0 aromatic heterocycles. The highest BCUT2D eigenvalue weighted by atomic mass is 32.2. The summed E-state index contributed by atoms with van der Waals surface area (Å²) in [5.74, 6) is 0. The van der Waals surface area contributed by atoms with E-state index in [0.717, 1.165) is 18.4 Å². The molecule has 1 fully saturated rings. The van der Waals surface area contributed by atoms with Crippen LogP contribution in [-0.4, -0.2) is 14.0 Å². The molecule has 5 heteroatoms. The molecule has 0 unspecified atom stereocenters. The first-order valence-corrected chi connectivity index (χ1v) is 7.74. The van der Waals surface area contributed by atoms with E-state index in [2.05, 4.69) is 0 Å². The number of benzene rings is 1. The number of hydrogen-bond acceptors (Lipinski definition) is 4.